The molecule has 0 aromatic rings. The van der Waals surface area contributed by atoms with Crippen molar-refractivity contribution < 1.29 is 8.78 Å². The lowest BCUT2D eigenvalue weighted by molar-refractivity contribution is -0.0623. The Morgan fingerprint density at radius 2 is 2.36 bits per heavy atom. The first kappa shape index (κ1) is 11.1. The highest BCUT2D eigenvalue weighted by Gasteiger charge is 2.42. The van der Waals surface area contributed by atoms with Crippen LogP contribution in [0, 0.1) is 11.3 Å². The quantitative estimate of drug-likeness (QED) is 0.599. The highest BCUT2D eigenvalue weighted by molar-refractivity contribution is 5.76. The summed E-state index contributed by atoms with van der Waals surface area (Å²) in [6.07, 6.45) is 2.28. The van der Waals surface area contributed by atoms with Gasteiger partial charge in [0.15, 0.2) is 0 Å². The molecule has 1 aliphatic heterocycles. The zero-order chi connectivity index (χ0) is 10.6. The molecule has 3 N–H and O–H groups in total. The molecule has 5 heteroatoms. The number of nitrogens with one attached hydrogen (secondary N) is 3. The maximum absolute atomic E-state index is 13.4. The highest BCUT2D eigenvalue weighted by atomic mass is 19.3. The molecule has 1 rings (SSSR count). The van der Waals surface area contributed by atoms with Crippen LogP contribution in [0.25, 0.3) is 0 Å². The molecule has 0 amide bonds. The molecule has 1 fully saturated rings. The zero-order valence-electron chi connectivity index (χ0n) is 8.11. The van der Waals surface area contributed by atoms with Crippen LogP contribution in [-0.4, -0.2) is 32.3 Å². The minimum atomic E-state index is -2.70. The summed E-state index contributed by atoms with van der Waals surface area (Å²) in [5.41, 5.74) is 0.338. The molecule has 0 aliphatic carbocycles. The normalized spacial score (nSPS) is 27.1. The fourth-order valence-corrected chi connectivity index (χ4v) is 1.60. The Bertz CT molecular complexity index is 238. The number of alkyl halides is 2. The van der Waals surface area contributed by atoms with E-state index in [0.29, 0.717) is 12.1 Å². The van der Waals surface area contributed by atoms with E-state index in [9.17, 15) is 8.78 Å². The van der Waals surface area contributed by atoms with Crippen molar-refractivity contribution >= 4 is 6.21 Å². The lowest BCUT2D eigenvalue weighted by atomic mass is 9.88. The zero-order valence-corrected chi connectivity index (χ0v) is 8.11. The van der Waals surface area contributed by atoms with Gasteiger partial charge in [-0.3, -0.25) is 0 Å². The number of hydrogen-bond donors (Lipinski definition) is 3. The summed E-state index contributed by atoms with van der Waals surface area (Å²) in [4.78, 5) is 0. The van der Waals surface area contributed by atoms with Crippen LogP contribution in [0.2, 0.25) is 0 Å². The number of hydrogen-bond acceptors (Lipinski definition) is 3. The van der Waals surface area contributed by atoms with Crippen molar-refractivity contribution in [2.75, 3.05) is 20.1 Å². The van der Waals surface area contributed by atoms with Crippen molar-refractivity contribution in [2.24, 2.45) is 5.92 Å². The Hall–Kier alpha value is -0.970. The van der Waals surface area contributed by atoms with Gasteiger partial charge in [0.1, 0.15) is 0 Å². The van der Waals surface area contributed by atoms with Gasteiger partial charge in [0.05, 0.1) is 5.92 Å². The Morgan fingerprint density at radius 3 is 2.86 bits per heavy atom. The Kier molecular flexibility index (Phi) is 3.57. The molecule has 14 heavy (non-hydrogen) atoms. The average Bonchev–Trinajstić information content (AvgIpc) is 2.14. The van der Waals surface area contributed by atoms with Crippen LogP contribution in [0.15, 0.2) is 11.8 Å². The molecule has 0 bridgehead atoms. The van der Waals surface area contributed by atoms with Gasteiger partial charge in [-0.05, 0) is 5.57 Å². The summed E-state index contributed by atoms with van der Waals surface area (Å²) < 4.78 is 26.8. The van der Waals surface area contributed by atoms with E-state index in [-0.39, 0.29) is 13.0 Å². The van der Waals surface area contributed by atoms with Crippen LogP contribution < -0.4 is 10.6 Å². The van der Waals surface area contributed by atoms with Gasteiger partial charge in [0.25, 0.3) is 5.92 Å². The monoisotopic (exact) mass is 203 g/mol. The molecular weight excluding hydrogens is 188 g/mol. The molecule has 1 aliphatic rings. The SMILES string of the molecule is CN/C=C(\C=N)C1CNCCC1(F)F. The number of piperidine rings is 1. The van der Waals surface area contributed by atoms with E-state index < -0.39 is 11.8 Å². The Balaban J connectivity index is 2.82. The number of halogens is 2. The molecule has 80 valence electrons. The summed E-state index contributed by atoms with van der Waals surface area (Å²) in [7, 11) is 1.64. The van der Waals surface area contributed by atoms with Gasteiger partial charge in [-0.1, -0.05) is 0 Å². The van der Waals surface area contributed by atoms with E-state index in [1.165, 1.54) is 6.20 Å². The van der Waals surface area contributed by atoms with Crippen LogP contribution in [0.3, 0.4) is 0 Å². The fourth-order valence-electron chi connectivity index (χ4n) is 1.60. The largest absolute Gasteiger partial charge is 0.394 e. The van der Waals surface area contributed by atoms with Crippen LogP contribution in [0.4, 0.5) is 8.78 Å². The lowest BCUT2D eigenvalue weighted by Gasteiger charge is -2.32. The molecule has 1 saturated heterocycles. The van der Waals surface area contributed by atoms with Crippen molar-refractivity contribution in [3.05, 3.63) is 11.8 Å². The summed E-state index contributed by atoms with van der Waals surface area (Å²) in [5.74, 6) is -3.59. The minimum Gasteiger partial charge on any atom is -0.394 e. The Morgan fingerprint density at radius 1 is 1.64 bits per heavy atom. The van der Waals surface area contributed by atoms with E-state index in [4.69, 9.17) is 5.41 Å². The van der Waals surface area contributed by atoms with Crippen LogP contribution in [0.5, 0.6) is 0 Å². The van der Waals surface area contributed by atoms with E-state index in [1.54, 1.807) is 7.05 Å². The minimum absolute atomic E-state index is 0.160. The second kappa shape index (κ2) is 4.50. The lowest BCUT2D eigenvalue weighted by Crippen LogP contribution is -2.45. The van der Waals surface area contributed by atoms with Gasteiger partial charge >= 0.3 is 0 Å². The van der Waals surface area contributed by atoms with Crippen molar-refractivity contribution in [3.8, 4) is 0 Å². The molecule has 0 aromatic heterocycles. The molecule has 1 heterocycles. The molecule has 0 aromatic carbocycles. The smallest absolute Gasteiger partial charge is 0.257 e. The van der Waals surface area contributed by atoms with Crippen molar-refractivity contribution in [3.63, 3.8) is 0 Å². The van der Waals surface area contributed by atoms with Gasteiger partial charge in [0.2, 0.25) is 0 Å². The van der Waals surface area contributed by atoms with Gasteiger partial charge in [-0.15, -0.1) is 0 Å². The molecule has 0 radical (unpaired) electrons. The van der Waals surface area contributed by atoms with Crippen LogP contribution >= 0.6 is 0 Å². The first-order chi connectivity index (χ1) is 6.61. The maximum Gasteiger partial charge on any atom is 0.257 e. The van der Waals surface area contributed by atoms with Gasteiger partial charge < -0.3 is 16.0 Å². The Labute approximate surface area is 82.1 Å². The first-order valence-electron chi connectivity index (χ1n) is 4.58. The fraction of sp³-hybridized carbons (Fsp3) is 0.667. The standard InChI is InChI=1S/C9H15F2N3/c1-13-5-7(4-12)8-6-14-3-2-9(8,10)11/h4-5,8,12-14H,2-3,6H2,1H3/b7-5+,12-4?. The van der Waals surface area contributed by atoms with E-state index in [2.05, 4.69) is 10.6 Å². The summed E-state index contributed by atoms with van der Waals surface area (Å²) in [6.45, 7) is 0.574. The molecular formula is C9H15F2N3. The van der Waals surface area contributed by atoms with Gasteiger partial charge in [0, 0.05) is 39.0 Å². The molecule has 0 spiro atoms. The third-order valence-corrected chi connectivity index (χ3v) is 2.37. The summed E-state index contributed by atoms with van der Waals surface area (Å²) in [5, 5.41) is 12.7. The second-order valence-electron chi connectivity index (χ2n) is 3.35. The molecule has 1 unspecified atom stereocenters. The molecule has 0 saturated carbocycles. The van der Waals surface area contributed by atoms with Crippen LogP contribution in [0.1, 0.15) is 6.42 Å². The third-order valence-electron chi connectivity index (χ3n) is 2.37. The van der Waals surface area contributed by atoms with E-state index in [0.717, 1.165) is 6.21 Å². The van der Waals surface area contributed by atoms with Crippen molar-refractivity contribution in [1.82, 2.24) is 10.6 Å². The topological polar surface area (TPSA) is 47.9 Å². The highest BCUT2D eigenvalue weighted by Crippen LogP contribution is 2.34. The molecule has 3 nitrogen and oxygen atoms in total. The number of rotatable bonds is 3. The predicted octanol–water partition coefficient (Wildman–Crippen LogP) is 0.984. The van der Waals surface area contributed by atoms with Crippen molar-refractivity contribution in [1.29, 1.82) is 5.41 Å². The van der Waals surface area contributed by atoms with Crippen molar-refractivity contribution in [2.45, 2.75) is 12.3 Å². The van der Waals surface area contributed by atoms with Gasteiger partial charge in [-0.2, -0.15) is 0 Å². The van der Waals surface area contributed by atoms with E-state index >= 15 is 0 Å². The summed E-state index contributed by atoms with van der Waals surface area (Å²) in [6, 6.07) is 0. The van der Waals surface area contributed by atoms with Crippen LogP contribution in [-0.2, 0) is 0 Å². The first-order valence-corrected chi connectivity index (χ1v) is 4.58. The summed E-state index contributed by atoms with van der Waals surface area (Å²) >= 11 is 0. The second-order valence-corrected chi connectivity index (χ2v) is 3.35. The maximum atomic E-state index is 13.4. The molecule has 1 atom stereocenters. The predicted molar refractivity (Wildman–Crippen MR) is 51.9 cm³/mol. The third kappa shape index (κ3) is 2.29. The van der Waals surface area contributed by atoms with Gasteiger partial charge in [-0.25, -0.2) is 8.78 Å². The average molecular weight is 203 g/mol. The van der Waals surface area contributed by atoms with E-state index in [1.807, 2.05) is 0 Å².